The molecule has 0 radical (unpaired) electrons. The van der Waals surface area contributed by atoms with Crippen LogP contribution in [0.15, 0.2) is 30.3 Å². The Morgan fingerprint density at radius 3 is 2.57 bits per heavy atom. The van der Waals surface area contributed by atoms with Crippen molar-refractivity contribution in [2.75, 3.05) is 19.6 Å². The Morgan fingerprint density at radius 1 is 1.14 bits per heavy atom. The fourth-order valence-electron chi connectivity index (χ4n) is 4.26. The molecule has 1 aliphatic heterocycles. The Labute approximate surface area is 129 Å². The zero-order valence-electron chi connectivity index (χ0n) is 13.3. The van der Waals surface area contributed by atoms with E-state index in [2.05, 4.69) is 36.1 Å². The Balaban J connectivity index is 1.79. The number of aliphatic hydroxyl groups is 1. The summed E-state index contributed by atoms with van der Waals surface area (Å²) in [6.45, 7) is 5.84. The topological polar surface area (TPSA) is 23.5 Å². The van der Waals surface area contributed by atoms with E-state index in [4.69, 9.17) is 0 Å². The summed E-state index contributed by atoms with van der Waals surface area (Å²) in [6.07, 6.45) is 7.24. The Morgan fingerprint density at radius 2 is 1.86 bits per heavy atom. The molecule has 3 unspecified atom stereocenters. The van der Waals surface area contributed by atoms with Crippen LogP contribution in [0.25, 0.3) is 0 Å². The molecule has 0 spiro atoms. The van der Waals surface area contributed by atoms with Gasteiger partial charge in [0.15, 0.2) is 0 Å². The molecular weight excluding hydrogens is 258 g/mol. The summed E-state index contributed by atoms with van der Waals surface area (Å²) in [5.74, 6) is 1.12. The second kappa shape index (κ2) is 6.50. The Bertz CT molecular complexity index is 440. The van der Waals surface area contributed by atoms with Crippen molar-refractivity contribution in [3.8, 4) is 0 Å². The van der Waals surface area contributed by atoms with E-state index in [1.165, 1.54) is 32.4 Å². The normalized spacial score (nSPS) is 34.8. The average Bonchev–Trinajstić information content (AvgIpc) is 2.53. The second-order valence-electron chi connectivity index (χ2n) is 7.23. The quantitative estimate of drug-likeness (QED) is 0.914. The molecule has 1 saturated carbocycles. The molecule has 2 fully saturated rings. The maximum absolute atomic E-state index is 11.4. The average molecular weight is 287 g/mol. The predicted molar refractivity (Wildman–Crippen MR) is 87.1 cm³/mol. The van der Waals surface area contributed by atoms with Crippen molar-refractivity contribution in [1.82, 2.24) is 4.90 Å². The minimum atomic E-state index is -0.620. The number of hydrogen-bond acceptors (Lipinski definition) is 2. The SMILES string of the molecule is CC1CCC(O)(c2ccccc2)C(CN2CCCCC2)C1. The zero-order chi connectivity index (χ0) is 14.7. The summed E-state index contributed by atoms with van der Waals surface area (Å²) in [5, 5.41) is 11.4. The van der Waals surface area contributed by atoms with Crippen LogP contribution in [0.3, 0.4) is 0 Å². The van der Waals surface area contributed by atoms with E-state index in [-0.39, 0.29) is 0 Å². The monoisotopic (exact) mass is 287 g/mol. The number of likely N-dealkylation sites (tertiary alicyclic amines) is 1. The summed E-state index contributed by atoms with van der Waals surface area (Å²) in [5.41, 5.74) is 0.504. The van der Waals surface area contributed by atoms with Crippen LogP contribution in [0.5, 0.6) is 0 Å². The van der Waals surface area contributed by atoms with Crippen LogP contribution < -0.4 is 0 Å². The van der Waals surface area contributed by atoms with Gasteiger partial charge in [-0.2, -0.15) is 0 Å². The van der Waals surface area contributed by atoms with E-state index in [1.54, 1.807) is 0 Å². The van der Waals surface area contributed by atoms with Crippen LogP contribution in [0.1, 0.15) is 51.0 Å². The van der Waals surface area contributed by atoms with E-state index >= 15 is 0 Å². The fraction of sp³-hybridized carbons (Fsp3) is 0.684. The van der Waals surface area contributed by atoms with Crippen LogP contribution in [0.2, 0.25) is 0 Å². The third-order valence-corrected chi connectivity index (χ3v) is 5.58. The van der Waals surface area contributed by atoms with Crippen LogP contribution in [0.4, 0.5) is 0 Å². The third-order valence-electron chi connectivity index (χ3n) is 5.58. The van der Waals surface area contributed by atoms with Crippen molar-refractivity contribution in [2.24, 2.45) is 11.8 Å². The van der Waals surface area contributed by atoms with E-state index in [9.17, 15) is 5.11 Å². The van der Waals surface area contributed by atoms with Crippen molar-refractivity contribution >= 4 is 0 Å². The van der Waals surface area contributed by atoms with Gasteiger partial charge in [-0.1, -0.05) is 43.7 Å². The molecule has 1 N–H and O–H groups in total. The largest absolute Gasteiger partial charge is 0.385 e. The maximum atomic E-state index is 11.4. The molecule has 2 heteroatoms. The van der Waals surface area contributed by atoms with Gasteiger partial charge in [-0.25, -0.2) is 0 Å². The molecule has 1 saturated heterocycles. The minimum Gasteiger partial charge on any atom is -0.385 e. The van der Waals surface area contributed by atoms with Crippen molar-refractivity contribution in [2.45, 2.75) is 51.0 Å². The highest BCUT2D eigenvalue weighted by atomic mass is 16.3. The number of rotatable bonds is 3. The van der Waals surface area contributed by atoms with Gasteiger partial charge in [0, 0.05) is 12.5 Å². The molecule has 1 aromatic rings. The third kappa shape index (κ3) is 3.32. The lowest BCUT2D eigenvalue weighted by atomic mass is 9.68. The summed E-state index contributed by atoms with van der Waals surface area (Å²) in [4.78, 5) is 2.58. The number of piperidine rings is 1. The van der Waals surface area contributed by atoms with Crippen LogP contribution in [-0.4, -0.2) is 29.6 Å². The van der Waals surface area contributed by atoms with E-state index in [0.29, 0.717) is 5.92 Å². The molecule has 1 aromatic carbocycles. The summed E-state index contributed by atoms with van der Waals surface area (Å²) >= 11 is 0. The van der Waals surface area contributed by atoms with Gasteiger partial charge in [0.2, 0.25) is 0 Å². The van der Waals surface area contributed by atoms with Crippen molar-refractivity contribution in [1.29, 1.82) is 0 Å². The molecular formula is C19H29NO. The molecule has 0 amide bonds. The highest BCUT2D eigenvalue weighted by molar-refractivity contribution is 5.24. The first kappa shape index (κ1) is 15.1. The lowest BCUT2D eigenvalue weighted by Gasteiger charge is -2.45. The minimum absolute atomic E-state index is 0.377. The van der Waals surface area contributed by atoms with Gasteiger partial charge in [0.1, 0.15) is 0 Å². The number of benzene rings is 1. The predicted octanol–water partition coefficient (Wildman–Crippen LogP) is 3.80. The lowest BCUT2D eigenvalue weighted by Crippen LogP contribution is -2.47. The molecule has 21 heavy (non-hydrogen) atoms. The first-order chi connectivity index (χ1) is 10.2. The van der Waals surface area contributed by atoms with Gasteiger partial charge in [-0.15, -0.1) is 0 Å². The summed E-state index contributed by atoms with van der Waals surface area (Å²) in [7, 11) is 0. The molecule has 3 atom stereocenters. The van der Waals surface area contributed by atoms with Gasteiger partial charge in [-0.3, -0.25) is 0 Å². The van der Waals surface area contributed by atoms with Crippen LogP contribution >= 0.6 is 0 Å². The number of hydrogen-bond donors (Lipinski definition) is 1. The molecule has 0 bridgehead atoms. The van der Waals surface area contributed by atoms with Gasteiger partial charge < -0.3 is 10.0 Å². The highest BCUT2D eigenvalue weighted by Crippen LogP contribution is 2.44. The van der Waals surface area contributed by atoms with E-state index < -0.39 is 5.60 Å². The molecule has 116 valence electrons. The molecule has 3 rings (SSSR count). The molecule has 2 nitrogen and oxygen atoms in total. The molecule has 2 aliphatic rings. The maximum Gasteiger partial charge on any atom is 0.0936 e. The van der Waals surface area contributed by atoms with Crippen LogP contribution in [-0.2, 0) is 5.60 Å². The van der Waals surface area contributed by atoms with Crippen molar-refractivity contribution < 1.29 is 5.11 Å². The lowest BCUT2D eigenvalue weighted by molar-refractivity contribution is -0.0780. The fourth-order valence-corrected chi connectivity index (χ4v) is 4.26. The summed E-state index contributed by atoms with van der Waals surface area (Å²) < 4.78 is 0. The van der Waals surface area contributed by atoms with Gasteiger partial charge in [0.25, 0.3) is 0 Å². The zero-order valence-corrected chi connectivity index (χ0v) is 13.3. The first-order valence-corrected chi connectivity index (χ1v) is 8.69. The van der Waals surface area contributed by atoms with Gasteiger partial charge >= 0.3 is 0 Å². The van der Waals surface area contributed by atoms with Crippen molar-refractivity contribution in [3.05, 3.63) is 35.9 Å². The first-order valence-electron chi connectivity index (χ1n) is 8.69. The van der Waals surface area contributed by atoms with Crippen molar-refractivity contribution in [3.63, 3.8) is 0 Å². The standard InChI is InChI=1S/C19H29NO/c1-16-10-11-19(21,17-8-4-2-5-9-17)18(14-16)15-20-12-6-3-7-13-20/h2,4-5,8-9,16,18,21H,3,6-7,10-15H2,1H3. The Kier molecular flexibility index (Phi) is 4.66. The second-order valence-corrected chi connectivity index (χ2v) is 7.23. The highest BCUT2D eigenvalue weighted by Gasteiger charge is 2.42. The smallest absolute Gasteiger partial charge is 0.0936 e. The van der Waals surface area contributed by atoms with E-state index in [0.717, 1.165) is 37.3 Å². The van der Waals surface area contributed by atoms with Gasteiger partial charge in [0.05, 0.1) is 5.60 Å². The summed E-state index contributed by atoms with van der Waals surface area (Å²) in [6, 6.07) is 10.4. The van der Waals surface area contributed by atoms with E-state index in [1.807, 2.05) is 6.07 Å². The van der Waals surface area contributed by atoms with Crippen LogP contribution in [0, 0.1) is 11.8 Å². The molecule has 1 aliphatic carbocycles. The Hall–Kier alpha value is -0.860. The molecule has 1 heterocycles. The number of nitrogens with zero attached hydrogens (tertiary/aromatic N) is 1. The molecule has 0 aromatic heterocycles. The van der Waals surface area contributed by atoms with Gasteiger partial charge in [-0.05, 0) is 56.7 Å².